The fourth-order valence-corrected chi connectivity index (χ4v) is 1.89. The Hall–Kier alpha value is -0.650. The smallest absolute Gasteiger partial charge is 0.333 e. The lowest BCUT2D eigenvalue weighted by atomic mass is 9.84. The van der Waals surface area contributed by atoms with Crippen LogP contribution >= 0.6 is 0 Å². The van der Waals surface area contributed by atoms with Gasteiger partial charge in [-0.1, -0.05) is 20.8 Å². The Bertz CT molecular complexity index is 240. The standard InChI is InChI=1S/C10H18O5/c1-4(2)8-7(12)6(11)5(3)9(15-8)10(13)14/h4-9,11-12H,1-3H3,(H,13,14)/t5?,6-,7?,8-,9-/m0/s1. The zero-order valence-electron chi connectivity index (χ0n) is 9.12. The summed E-state index contributed by atoms with van der Waals surface area (Å²) < 4.78 is 5.29. The molecule has 0 radical (unpaired) electrons. The minimum atomic E-state index is -1.10. The predicted molar refractivity (Wildman–Crippen MR) is 52.3 cm³/mol. The maximum atomic E-state index is 10.9. The molecule has 3 N–H and O–H groups in total. The number of aliphatic carboxylic acids is 1. The molecule has 0 aromatic rings. The molecule has 1 heterocycles. The quantitative estimate of drug-likeness (QED) is 0.600. The molecule has 0 aromatic carbocycles. The molecular formula is C10H18O5. The summed E-state index contributed by atoms with van der Waals surface area (Å²) in [5.41, 5.74) is 0. The predicted octanol–water partition coefficient (Wildman–Crippen LogP) is -0.148. The van der Waals surface area contributed by atoms with E-state index in [9.17, 15) is 15.0 Å². The van der Waals surface area contributed by atoms with Gasteiger partial charge in [0.2, 0.25) is 0 Å². The highest BCUT2D eigenvalue weighted by molar-refractivity contribution is 5.73. The molecule has 0 aliphatic carbocycles. The average molecular weight is 218 g/mol. The molecule has 0 spiro atoms. The van der Waals surface area contributed by atoms with Crippen molar-refractivity contribution in [3.8, 4) is 0 Å². The van der Waals surface area contributed by atoms with Crippen molar-refractivity contribution in [2.45, 2.75) is 45.2 Å². The molecule has 5 atom stereocenters. The molecule has 0 aromatic heterocycles. The summed E-state index contributed by atoms with van der Waals surface area (Å²) in [6, 6.07) is 0. The molecule has 5 nitrogen and oxygen atoms in total. The van der Waals surface area contributed by atoms with Gasteiger partial charge in [-0.2, -0.15) is 0 Å². The third-order valence-electron chi connectivity index (χ3n) is 2.91. The number of carbonyl (C=O) groups is 1. The van der Waals surface area contributed by atoms with Crippen LogP contribution in [-0.4, -0.2) is 45.7 Å². The largest absolute Gasteiger partial charge is 0.479 e. The summed E-state index contributed by atoms with van der Waals surface area (Å²) in [7, 11) is 0. The second kappa shape index (κ2) is 4.47. The van der Waals surface area contributed by atoms with E-state index in [0.29, 0.717) is 0 Å². The van der Waals surface area contributed by atoms with Crippen molar-refractivity contribution in [1.82, 2.24) is 0 Å². The Morgan fingerprint density at radius 3 is 2.20 bits per heavy atom. The van der Waals surface area contributed by atoms with Crippen molar-refractivity contribution in [2.24, 2.45) is 11.8 Å². The molecular weight excluding hydrogens is 200 g/mol. The first kappa shape index (κ1) is 12.4. The van der Waals surface area contributed by atoms with Crippen LogP contribution in [0.3, 0.4) is 0 Å². The van der Waals surface area contributed by atoms with Gasteiger partial charge in [-0.3, -0.25) is 0 Å². The Balaban J connectivity index is 2.85. The van der Waals surface area contributed by atoms with Crippen LogP contribution in [0, 0.1) is 11.8 Å². The molecule has 2 unspecified atom stereocenters. The Morgan fingerprint density at radius 2 is 1.80 bits per heavy atom. The SMILES string of the molecule is CC(C)[C@@H]1O[C@H](C(=O)O)C(C)[C@H](O)C1O. The molecule has 15 heavy (non-hydrogen) atoms. The number of aliphatic hydroxyl groups is 2. The van der Waals surface area contributed by atoms with Gasteiger partial charge >= 0.3 is 5.97 Å². The van der Waals surface area contributed by atoms with Gasteiger partial charge in [0.05, 0.1) is 12.2 Å². The molecule has 1 saturated heterocycles. The van der Waals surface area contributed by atoms with Crippen LogP contribution in [0.4, 0.5) is 0 Å². The minimum Gasteiger partial charge on any atom is -0.479 e. The Labute approximate surface area is 88.7 Å². The van der Waals surface area contributed by atoms with E-state index in [-0.39, 0.29) is 5.92 Å². The third kappa shape index (κ3) is 2.30. The summed E-state index contributed by atoms with van der Waals surface area (Å²) in [5.74, 6) is -1.74. The van der Waals surface area contributed by atoms with Gasteiger partial charge in [0, 0.05) is 5.92 Å². The van der Waals surface area contributed by atoms with Gasteiger partial charge in [0.1, 0.15) is 6.10 Å². The minimum absolute atomic E-state index is 0.0380. The van der Waals surface area contributed by atoms with E-state index in [1.54, 1.807) is 6.92 Å². The highest BCUT2D eigenvalue weighted by atomic mass is 16.5. The van der Waals surface area contributed by atoms with Gasteiger partial charge in [-0.25, -0.2) is 4.79 Å². The van der Waals surface area contributed by atoms with Crippen LogP contribution in [0.25, 0.3) is 0 Å². The number of rotatable bonds is 2. The van der Waals surface area contributed by atoms with Gasteiger partial charge in [-0.15, -0.1) is 0 Å². The van der Waals surface area contributed by atoms with E-state index in [0.717, 1.165) is 0 Å². The first-order valence-corrected chi connectivity index (χ1v) is 5.10. The zero-order valence-corrected chi connectivity index (χ0v) is 9.12. The lowest BCUT2D eigenvalue weighted by Gasteiger charge is -2.41. The average Bonchev–Trinajstić information content (AvgIpc) is 2.13. The van der Waals surface area contributed by atoms with Crippen molar-refractivity contribution in [2.75, 3.05) is 0 Å². The van der Waals surface area contributed by atoms with Gasteiger partial charge in [0.15, 0.2) is 6.10 Å². The summed E-state index contributed by atoms with van der Waals surface area (Å²) >= 11 is 0. The van der Waals surface area contributed by atoms with Gasteiger partial charge in [-0.05, 0) is 5.92 Å². The summed E-state index contributed by atoms with van der Waals surface area (Å²) in [6.45, 7) is 5.19. The maximum absolute atomic E-state index is 10.9. The molecule has 88 valence electrons. The molecule has 5 heteroatoms. The molecule has 1 fully saturated rings. The lowest BCUT2D eigenvalue weighted by Crippen LogP contribution is -2.57. The highest BCUT2D eigenvalue weighted by Gasteiger charge is 2.45. The van der Waals surface area contributed by atoms with E-state index in [1.807, 2.05) is 13.8 Å². The second-order valence-corrected chi connectivity index (χ2v) is 4.44. The number of carboxylic acids is 1. The van der Waals surface area contributed by atoms with Crippen LogP contribution in [0.1, 0.15) is 20.8 Å². The molecule has 0 saturated carbocycles. The lowest BCUT2D eigenvalue weighted by molar-refractivity contribution is -0.216. The van der Waals surface area contributed by atoms with Crippen molar-refractivity contribution >= 4 is 5.97 Å². The number of ether oxygens (including phenoxy) is 1. The van der Waals surface area contributed by atoms with E-state index in [1.165, 1.54) is 0 Å². The Morgan fingerprint density at radius 1 is 1.27 bits per heavy atom. The van der Waals surface area contributed by atoms with Crippen molar-refractivity contribution in [1.29, 1.82) is 0 Å². The van der Waals surface area contributed by atoms with E-state index in [2.05, 4.69) is 0 Å². The van der Waals surface area contributed by atoms with Gasteiger partial charge < -0.3 is 20.1 Å². The van der Waals surface area contributed by atoms with E-state index >= 15 is 0 Å². The topological polar surface area (TPSA) is 87.0 Å². The fourth-order valence-electron chi connectivity index (χ4n) is 1.89. The molecule has 0 bridgehead atoms. The molecule has 1 aliphatic rings. The number of carboxylic acid groups (broad SMARTS) is 1. The number of aliphatic hydroxyl groups excluding tert-OH is 2. The fraction of sp³-hybridized carbons (Fsp3) is 0.900. The maximum Gasteiger partial charge on any atom is 0.333 e. The van der Waals surface area contributed by atoms with Crippen LogP contribution < -0.4 is 0 Å². The number of hydrogen-bond donors (Lipinski definition) is 3. The van der Waals surface area contributed by atoms with Crippen LogP contribution in [0.2, 0.25) is 0 Å². The third-order valence-corrected chi connectivity index (χ3v) is 2.91. The zero-order chi connectivity index (χ0) is 11.7. The monoisotopic (exact) mass is 218 g/mol. The van der Waals surface area contributed by atoms with Crippen LogP contribution in [-0.2, 0) is 9.53 Å². The van der Waals surface area contributed by atoms with Crippen molar-refractivity contribution in [3.05, 3.63) is 0 Å². The first-order valence-electron chi connectivity index (χ1n) is 5.10. The second-order valence-electron chi connectivity index (χ2n) is 4.44. The summed E-state index contributed by atoms with van der Waals surface area (Å²) in [5, 5.41) is 28.3. The van der Waals surface area contributed by atoms with Crippen molar-refractivity contribution in [3.63, 3.8) is 0 Å². The van der Waals surface area contributed by atoms with Crippen molar-refractivity contribution < 1.29 is 24.9 Å². The first-order chi connectivity index (χ1) is 6.86. The molecule has 1 aliphatic heterocycles. The molecule has 0 amide bonds. The van der Waals surface area contributed by atoms with E-state index in [4.69, 9.17) is 9.84 Å². The van der Waals surface area contributed by atoms with Crippen LogP contribution in [0.5, 0.6) is 0 Å². The van der Waals surface area contributed by atoms with Crippen LogP contribution in [0.15, 0.2) is 0 Å². The number of hydrogen-bond acceptors (Lipinski definition) is 4. The highest BCUT2D eigenvalue weighted by Crippen LogP contribution is 2.29. The summed E-state index contributed by atoms with van der Waals surface area (Å²) in [6.07, 6.45) is -3.74. The Kier molecular flexibility index (Phi) is 3.70. The van der Waals surface area contributed by atoms with E-state index < -0.39 is 36.3 Å². The van der Waals surface area contributed by atoms with Gasteiger partial charge in [0.25, 0.3) is 0 Å². The summed E-state index contributed by atoms with van der Waals surface area (Å²) in [4.78, 5) is 10.9. The normalized spacial score (nSPS) is 41.9. The molecule has 1 rings (SSSR count).